The largest absolute Gasteiger partial charge is 0.456 e. The minimum atomic E-state index is -5.86. The fourth-order valence-electron chi connectivity index (χ4n) is 9.44. The molecular formula is C34H40BF5NO3. The first kappa shape index (κ1) is 31.6. The Labute approximate surface area is 256 Å². The summed E-state index contributed by atoms with van der Waals surface area (Å²) in [4.78, 5) is 26.6. The molecule has 1 aromatic carbocycles. The van der Waals surface area contributed by atoms with Crippen molar-refractivity contribution in [2.75, 3.05) is 13.1 Å². The number of rotatable bonds is 6. The van der Waals surface area contributed by atoms with Crippen molar-refractivity contribution in [3.8, 4) is 0 Å². The van der Waals surface area contributed by atoms with Crippen LogP contribution in [0.1, 0.15) is 81.8 Å². The number of hydrogen-bond acceptors (Lipinski definition) is 4. The number of hydrogen-bond donors (Lipinski definition) is 1. The molecule has 1 radical (unpaired) electrons. The lowest BCUT2D eigenvalue weighted by atomic mass is 9.50. The lowest BCUT2D eigenvalue weighted by Gasteiger charge is -2.56. The van der Waals surface area contributed by atoms with E-state index in [0.29, 0.717) is 32.2 Å². The van der Waals surface area contributed by atoms with Gasteiger partial charge in [-0.1, -0.05) is 43.6 Å². The Kier molecular flexibility index (Phi) is 8.04. The van der Waals surface area contributed by atoms with Crippen LogP contribution in [0.25, 0.3) is 0 Å². The number of carbonyl (C=O) groups excluding carboxylic acids is 2. The van der Waals surface area contributed by atoms with E-state index in [9.17, 15) is 27.9 Å². The second-order valence-electron chi connectivity index (χ2n) is 13.9. The molecule has 0 bridgehead atoms. The van der Waals surface area contributed by atoms with Crippen LogP contribution >= 0.6 is 0 Å². The van der Waals surface area contributed by atoms with Gasteiger partial charge in [-0.05, 0) is 105 Å². The van der Waals surface area contributed by atoms with Crippen LogP contribution in [0, 0.1) is 23.2 Å². The summed E-state index contributed by atoms with van der Waals surface area (Å²) < 4.78 is 71.8. The molecule has 10 heteroatoms. The van der Waals surface area contributed by atoms with Gasteiger partial charge in [0.2, 0.25) is 0 Å². The highest BCUT2D eigenvalue weighted by atomic mass is 19.4. The molecule has 2 saturated carbocycles. The average molecular weight is 616 g/mol. The Morgan fingerprint density at radius 1 is 1.02 bits per heavy atom. The second kappa shape index (κ2) is 11.2. The summed E-state index contributed by atoms with van der Waals surface area (Å²) in [5.74, 6) is -6.30. The zero-order valence-electron chi connectivity index (χ0n) is 25.4. The lowest BCUT2D eigenvalue weighted by molar-refractivity contribution is -0.362. The molecule has 3 fully saturated rings. The predicted octanol–water partition coefficient (Wildman–Crippen LogP) is 7.01. The molecule has 0 amide bonds. The summed E-state index contributed by atoms with van der Waals surface area (Å²) in [7, 11) is 1.64. The molecule has 1 saturated heterocycles. The van der Waals surface area contributed by atoms with Gasteiger partial charge >= 0.3 is 12.1 Å². The van der Waals surface area contributed by atoms with E-state index < -0.39 is 41.4 Å². The highest BCUT2D eigenvalue weighted by Gasteiger charge is 2.79. The van der Waals surface area contributed by atoms with Crippen molar-refractivity contribution in [2.24, 2.45) is 23.2 Å². The molecule has 5 atom stereocenters. The number of carbonyl (C=O) groups is 2. The smallest absolute Gasteiger partial charge is 0.383 e. The van der Waals surface area contributed by atoms with Crippen LogP contribution in [0.2, 0.25) is 6.82 Å². The minimum absolute atomic E-state index is 0.0221. The first-order valence-electron chi connectivity index (χ1n) is 16.0. The predicted molar refractivity (Wildman–Crippen MR) is 157 cm³/mol. The van der Waals surface area contributed by atoms with Crippen molar-refractivity contribution in [3.05, 3.63) is 58.2 Å². The van der Waals surface area contributed by atoms with E-state index in [0.717, 1.165) is 53.8 Å². The van der Waals surface area contributed by atoms with Gasteiger partial charge in [0.15, 0.2) is 13.1 Å². The highest BCUT2D eigenvalue weighted by molar-refractivity contribution is 6.73. The van der Waals surface area contributed by atoms with Crippen molar-refractivity contribution in [1.82, 2.24) is 4.90 Å². The number of fused-ring (bicyclic) bond motifs is 4. The number of likely N-dealkylation sites (tertiary alicyclic amines) is 1. The van der Waals surface area contributed by atoms with Gasteiger partial charge in [0.1, 0.15) is 5.60 Å². The van der Waals surface area contributed by atoms with E-state index in [-0.39, 0.29) is 36.1 Å². The monoisotopic (exact) mass is 616 g/mol. The molecule has 4 nitrogen and oxygen atoms in total. The average Bonchev–Trinajstić information content (AvgIpc) is 3.27. The number of benzene rings is 1. The maximum absolute atomic E-state index is 15.2. The third-order valence-electron chi connectivity index (χ3n) is 11.8. The zero-order valence-corrected chi connectivity index (χ0v) is 25.4. The molecule has 1 aliphatic heterocycles. The fraction of sp³-hybridized carbons (Fsp3) is 0.647. The second-order valence-corrected chi connectivity index (χ2v) is 13.9. The highest BCUT2D eigenvalue weighted by Crippen LogP contribution is 2.70. The molecule has 4 aliphatic carbocycles. The van der Waals surface area contributed by atoms with E-state index in [4.69, 9.17) is 0 Å². The Hall–Kier alpha value is -2.33. The zero-order chi connectivity index (χ0) is 31.7. The molecule has 1 heterocycles. The first-order valence-corrected chi connectivity index (χ1v) is 16.0. The van der Waals surface area contributed by atoms with E-state index in [2.05, 4.69) is 4.90 Å². The van der Waals surface area contributed by atoms with Crippen LogP contribution in [-0.4, -0.2) is 59.5 Å². The van der Waals surface area contributed by atoms with Gasteiger partial charge in [-0.2, -0.15) is 22.0 Å². The van der Waals surface area contributed by atoms with Crippen molar-refractivity contribution in [1.29, 1.82) is 0 Å². The molecule has 5 aliphatic rings. The van der Waals surface area contributed by atoms with E-state index in [1.807, 2.05) is 24.3 Å². The molecule has 237 valence electrons. The van der Waals surface area contributed by atoms with Gasteiger partial charge in [-0.15, -0.1) is 0 Å². The Morgan fingerprint density at radius 2 is 1.70 bits per heavy atom. The van der Waals surface area contributed by atoms with Crippen molar-refractivity contribution in [2.45, 2.75) is 102 Å². The molecule has 0 aromatic heterocycles. The maximum Gasteiger partial charge on any atom is 0.456 e. The van der Waals surface area contributed by atoms with Gasteiger partial charge in [0.25, 0.3) is 0 Å². The summed E-state index contributed by atoms with van der Waals surface area (Å²) in [6.07, 6.45) is -1.03. The molecule has 1 N–H and O–H groups in total. The summed E-state index contributed by atoms with van der Waals surface area (Å²) in [6, 6.07) is 7.91. The van der Waals surface area contributed by atoms with Crippen LogP contribution in [-0.2, 0) is 16.1 Å². The molecular weight excluding hydrogens is 576 g/mol. The SMILES string of the molecule is C[B]C(=O)C1CCN(Cc2ccc([C@H]3CC4(C)C(CC[C@@]4(O)C(F)(F)C(F)(F)F)C4CCC5=CC(=O)CCC5=C43)cc2)CC1. The molecule has 0 spiro atoms. The maximum atomic E-state index is 15.2. The van der Waals surface area contributed by atoms with Gasteiger partial charge < -0.3 is 9.90 Å². The normalized spacial score (nSPS) is 33.4. The number of aliphatic hydroxyl groups is 1. The van der Waals surface area contributed by atoms with Crippen LogP contribution in [0.5, 0.6) is 0 Å². The number of ketones is 1. The summed E-state index contributed by atoms with van der Waals surface area (Å²) in [5, 5.41) is 11.5. The Bertz CT molecular complexity index is 1380. The van der Waals surface area contributed by atoms with Crippen molar-refractivity contribution < 1.29 is 36.6 Å². The van der Waals surface area contributed by atoms with Gasteiger partial charge in [-0.3, -0.25) is 9.69 Å². The standard InChI is InChI=1S/C34H40BF5NO3/c1-31-18-27(21-5-3-20(4-6-21)19-41-15-12-22(13-16-41)30(43)35-2)29-25-10-8-24(42)17-23(25)7-9-26(29)28(31)11-14-32(31,44)33(36,37)34(38,39)40/h3-6,17,22,26-28,44H,7-16,18-19H2,1-2H3/t26?,27-,28?,31?,32+/m1/s1. The number of nitrogens with zero attached hydrogens (tertiary/aromatic N) is 1. The summed E-state index contributed by atoms with van der Waals surface area (Å²) >= 11 is 0. The molecule has 3 unspecified atom stereocenters. The van der Waals surface area contributed by atoms with E-state index >= 15 is 8.78 Å². The van der Waals surface area contributed by atoms with Crippen LogP contribution in [0.3, 0.4) is 0 Å². The number of halogens is 5. The minimum Gasteiger partial charge on any atom is -0.383 e. The third-order valence-corrected chi connectivity index (χ3v) is 11.8. The van der Waals surface area contributed by atoms with Crippen molar-refractivity contribution >= 4 is 18.7 Å². The molecule has 6 rings (SSSR count). The quantitative estimate of drug-likeness (QED) is 0.276. The number of piperidine rings is 1. The topological polar surface area (TPSA) is 57.6 Å². The van der Waals surface area contributed by atoms with Gasteiger partial charge in [-0.25, -0.2) is 0 Å². The fourth-order valence-corrected chi connectivity index (χ4v) is 9.44. The molecule has 1 aromatic rings. The van der Waals surface area contributed by atoms with Gasteiger partial charge in [0.05, 0.1) is 5.68 Å². The summed E-state index contributed by atoms with van der Waals surface area (Å²) in [6.45, 7) is 5.55. The van der Waals surface area contributed by atoms with Crippen LogP contribution in [0.15, 0.2) is 47.1 Å². The first-order chi connectivity index (χ1) is 20.7. The number of allylic oxidation sites excluding steroid dienone is 4. The van der Waals surface area contributed by atoms with Crippen LogP contribution in [0.4, 0.5) is 22.0 Å². The number of alkyl halides is 5. The van der Waals surface area contributed by atoms with Crippen LogP contribution < -0.4 is 0 Å². The van der Waals surface area contributed by atoms with Gasteiger partial charge in [0, 0.05) is 30.2 Å². The van der Waals surface area contributed by atoms with E-state index in [1.54, 1.807) is 20.2 Å². The summed E-state index contributed by atoms with van der Waals surface area (Å²) in [5.41, 5.74) is 0.327. The Morgan fingerprint density at radius 3 is 2.34 bits per heavy atom. The van der Waals surface area contributed by atoms with E-state index in [1.165, 1.54) is 6.92 Å². The van der Waals surface area contributed by atoms with Crippen molar-refractivity contribution in [3.63, 3.8) is 0 Å². The third kappa shape index (κ3) is 4.93. The Balaban J connectivity index is 1.34. The molecule has 44 heavy (non-hydrogen) atoms. The lowest BCUT2D eigenvalue weighted by Crippen LogP contribution is -2.65.